The summed E-state index contributed by atoms with van der Waals surface area (Å²) in [5, 5.41) is 7.53. The Morgan fingerprint density at radius 3 is 2.94 bits per heavy atom. The third kappa shape index (κ3) is 2.84. The fourth-order valence-electron chi connectivity index (χ4n) is 1.72. The molecule has 90 valence electrons. The van der Waals surface area contributed by atoms with Gasteiger partial charge in [0, 0.05) is 24.8 Å². The largest absolute Gasteiger partial charge is 0.370 e. The monoisotopic (exact) mass is 230 g/mol. The van der Waals surface area contributed by atoms with Gasteiger partial charge in [0.15, 0.2) is 0 Å². The summed E-state index contributed by atoms with van der Waals surface area (Å²) in [6, 6.07) is 6.00. The number of nitrogens with zero attached hydrogens (tertiary/aromatic N) is 3. The van der Waals surface area contributed by atoms with Gasteiger partial charge in [-0.2, -0.15) is 5.10 Å². The van der Waals surface area contributed by atoms with Crippen LogP contribution in [0, 0.1) is 0 Å². The maximum Gasteiger partial charge on any atom is 0.126 e. The minimum Gasteiger partial charge on any atom is -0.370 e. The number of anilines is 1. The van der Waals surface area contributed by atoms with Crippen LogP contribution < -0.4 is 5.32 Å². The second-order valence-corrected chi connectivity index (χ2v) is 3.93. The summed E-state index contributed by atoms with van der Waals surface area (Å²) in [5.41, 5.74) is 2.03. The zero-order chi connectivity index (χ0) is 12.1. The van der Waals surface area contributed by atoms with Gasteiger partial charge in [-0.05, 0) is 25.5 Å². The Morgan fingerprint density at radius 2 is 2.18 bits per heavy atom. The van der Waals surface area contributed by atoms with Crippen molar-refractivity contribution in [3.63, 3.8) is 0 Å². The van der Waals surface area contributed by atoms with Crippen molar-refractivity contribution in [2.75, 3.05) is 11.9 Å². The molecule has 4 heteroatoms. The molecular weight excluding hydrogens is 212 g/mol. The molecule has 0 spiro atoms. The van der Waals surface area contributed by atoms with Crippen LogP contribution in [0.5, 0.6) is 0 Å². The standard InChI is InChI=1S/C13H18N4/c1-3-8-17-10-11(9-15-17)12-6-5-7-13(16-12)14-4-2/h5-7,9-10H,3-4,8H2,1-2H3,(H,14,16). The Balaban J connectivity index is 2.22. The van der Waals surface area contributed by atoms with Gasteiger partial charge in [-0.25, -0.2) is 4.98 Å². The average Bonchev–Trinajstić information content (AvgIpc) is 2.79. The molecule has 0 aliphatic rings. The van der Waals surface area contributed by atoms with Gasteiger partial charge in [0.2, 0.25) is 0 Å². The topological polar surface area (TPSA) is 42.7 Å². The molecule has 0 aliphatic carbocycles. The van der Waals surface area contributed by atoms with Crippen molar-refractivity contribution in [3.8, 4) is 11.3 Å². The molecule has 0 amide bonds. The number of rotatable bonds is 5. The van der Waals surface area contributed by atoms with E-state index >= 15 is 0 Å². The zero-order valence-electron chi connectivity index (χ0n) is 10.3. The van der Waals surface area contributed by atoms with Gasteiger partial charge < -0.3 is 5.32 Å². The number of hydrogen-bond acceptors (Lipinski definition) is 3. The van der Waals surface area contributed by atoms with Gasteiger partial charge in [-0.3, -0.25) is 4.68 Å². The number of aromatic nitrogens is 3. The molecule has 0 saturated heterocycles. The van der Waals surface area contributed by atoms with E-state index in [0.717, 1.165) is 36.6 Å². The molecule has 0 aromatic carbocycles. The molecule has 0 unspecified atom stereocenters. The van der Waals surface area contributed by atoms with Crippen LogP contribution in [-0.2, 0) is 6.54 Å². The highest BCUT2D eigenvalue weighted by atomic mass is 15.3. The van der Waals surface area contributed by atoms with Crippen molar-refractivity contribution >= 4 is 5.82 Å². The maximum absolute atomic E-state index is 4.54. The molecule has 0 radical (unpaired) electrons. The number of nitrogens with one attached hydrogen (secondary N) is 1. The maximum atomic E-state index is 4.54. The van der Waals surface area contributed by atoms with E-state index in [4.69, 9.17) is 0 Å². The molecule has 0 saturated carbocycles. The normalized spacial score (nSPS) is 10.5. The smallest absolute Gasteiger partial charge is 0.126 e. The predicted octanol–water partition coefficient (Wildman–Crippen LogP) is 2.79. The molecule has 2 aromatic rings. The lowest BCUT2D eigenvalue weighted by atomic mass is 10.2. The van der Waals surface area contributed by atoms with Gasteiger partial charge in [0.1, 0.15) is 5.82 Å². The third-order valence-electron chi connectivity index (χ3n) is 2.49. The van der Waals surface area contributed by atoms with Crippen molar-refractivity contribution in [1.82, 2.24) is 14.8 Å². The lowest BCUT2D eigenvalue weighted by Crippen LogP contribution is -1.99. The van der Waals surface area contributed by atoms with E-state index in [9.17, 15) is 0 Å². The SMILES string of the molecule is CCCn1cc(-c2cccc(NCC)n2)cn1. The second kappa shape index (κ2) is 5.48. The molecule has 17 heavy (non-hydrogen) atoms. The van der Waals surface area contributed by atoms with Crippen molar-refractivity contribution < 1.29 is 0 Å². The van der Waals surface area contributed by atoms with E-state index in [1.165, 1.54) is 0 Å². The Hall–Kier alpha value is -1.84. The van der Waals surface area contributed by atoms with Gasteiger partial charge in [0.05, 0.1) is 11.9 Å². The van der Waals surface area contributed by atoms with Crippen molar-refractivity contribution in [2.45, 2.75) is 26.8 Å². The Morgan fingerprint density at radius 1 is 1.29 bits per heavy atom. The van der Waals surface area contributed by atoms with Gasteiger partial charge in [-0.1, -0.05) is 13.0 Å². The van der Waals surface area contributed by atoms with E-state index in [1.807, 2.05) is 35.3 Å². The van der Waals surface area contributed by atoms with E-state index in [-0.39, 0.29) is 0 Å². The highest BCUT2D eigenvalue weighted by Crippen LogP contribution is 2.18. The lowest BCUT2D eigenvalue weighted by Gasteiger charge is -2.03. The highest BCUT2D eigenvalue weighted by molar-refractivity contribution is 5.59. The van der Waals surface area contributed by atoms with Crippen LogP contribution in [0.2, 0.25) is 0 Å². The van der Waals surface area contributed by atoms with Crippen molar-refractivity contribution in [3.05, 3.63) is 30.6 Å². The van der Waals surface area contributed by atoms with E-state index in [1.54, 1.807) is 0 Å². The van der Waals surface area contributed by atoms with E-state index in [2.05, 4.69) is 29.2 Å². The summed E-state index contributed by atoms with van der Waals surface area (Å²) in [7, 11) is 0. The molecule has 0 fully saturated rings. The number of hydrogen-bond donors (Lipinski definition) is 1. The van der Waals surface area contributed by atoms with Crippen LogP contribution in [-0.4, -0.2) is 21.3 Å². The van der Waals surface area contributed by atoms with Crippen LogP contribution >= 0.6 is 0 Å². The number of pyridine rings is 1. The first-order chi connectivity index (χ1) is 8.33. The van der Waals surface area contributed by atoms with Gasteiger partial charge >= 0.3 is 0 Å². The molecule has 0 bridgehead atoms. The number of aryl methyl sites for hydroxylation is 1. The molecule has 2 heterocycles. The second-order valence-electron chi connectivity index (χ2n) is 3.93. The first kappa shape index (κ1) is 11.6. The Bertz CT molecular complexity index is 476. The molecule has 2 aromatic heterocycles. The molecule has 0 atom stereocenters. The fraction of sp³-hybridized carbons (Fsp3) is 0.385. The van der Waals surface area contributed by atoms with Crippen molar-refractivity contribution in [2.24, 2.45) is 0 Å². The van der Waals surface area contributed by atoms with Crippen molar-refractivity contribution in [1.29, 1.82) is 0 Å². The Kier molecular flexibility index (Phi) is 3.75. The van der Waals surface area contributed by atoms with Crippen LogP contribution in [0.25, 0.3) is 11.3 Å². The summed E-state index contributed by atoms with van der Waals surface area (Å²) in [4.78, 5) is 4.54. The molecule has 4 nitrogen and oxygen atoms in total. The summed E-state index contributed by atoms with van der Waals surface area (Å²) in [6.07, 6.45) is 5.00. The molecular formula is C13H18N4. The molecule has 0 aliphatic heterocycles. The van der Waals surface area contributed by atoms with Gasteiger partial charge in [0.25, 0.3) is 0 Å². The minimum absolute atomic E-state index is 0.881. The minimum atomic E-state index is 0.881. The highest BCUT2D eigenvalue weighted by Gasteiger charge is 2.03. The quantitative estimate of drug-likeness (QED) is 0.858. The molecule has 1 N–H and O–H groups in total. The van der Waals surface area contributed by atoms with E-state index < -0.39 is 0 Å². The fourth-order valence-corrected chi connectivity index (χ4v) is 1.72. The first-order valence-electron chi connectivity index (χ1n) is 6.07. The van der Waals surface area contributed by atoms with Gasteiger partial charge in [-0.15, -0.1) is 0 Å². The van der Waals surface area contributed by atoms with Crippen LogP contribution in [0.3, 0.4) is 0 Å². The summed E-state index contributed by atoms with van der Waals surface area (Å²) in [6.45, 7) is 6.04. The van der Waals surface area contributed by atoms with Crippen LogP contribution in [0.1, 0.15) is 20.3 Å². The summed E-state index contributed by atoms with van der Waals surface area (Å²) < 4.78 is 1.96. The first-order valence-corrected chi connectivity index (χ1v) is 6.07. The van der Waals surface area contributed by atoms with Crippen LogP contribution in [0.15, 0.2) is 30.6 Å². The lowest BCUT2D eigenvalue weighted by molar-refractivity contribution is 0.603. The average molecular weight is 230 g/mol. The summed E-state index contributed by atoms with van der Waals surface area (Å²) >= 11 is 0. The summed E-state index contributed by atoms with van der Waals surface area (Å²) in [5.74, 6) is 0.910. The predicted molar refractivity (Wildman–Crippen MR) is 69.9 cm³/mol. The zero-order valence-corrected chi connectivity index (χ0v) is 10.3. The Labute approximate surface area is 102 Å². The van der Waals surface area contributed by atoms with Crippen LogP contribution in [0.4, 0.5) is 5.82 Å². The third-order valence-corrected chi connectivity index (χ3v) is 2.49. The molecule has 2 rings (SSSR count). The van der Waals surface area contributed by atoms with E-state index in [0.29, 0.717) is 0 Å².